The molecular formula is C12H20N2. The lowest BCUT2D eigenvalue weighted by Crippen LogP contribution is -2.38. The summed E-state index contributed by atoms with van der Waals surface area (Å²) < 4.78 is 0. The average Bonchev–Trinajstić information content (AvgIpc) is 2.15. The van der Waals surface area contributed by atoms with Crippen LogP contribution in [0.1, 0.15) is 26.3 Å². The molecule has 0 aliphatic heterocycles. The van der Waals surface area contributed by atoms with Crippen LogP contribution in [0.3, 0.4) is 0 Å². The Kier molecular flexibility index (Phi) is 3.17. The molecule has 0 aromatic heterocycles. The summed E-state index contributed by atoms with van der Waals surface area (Å²) in [5, 5.41) is 0. The van der Waals surface area contributed by atoms with Crippen LogP contribution in [0.5, 0.6) is 0 Å². The Balaban J connectivity index is 3.06. The Labute approximate surface area is 86.7 Å². The second-order valence-corrected chi connectivity index (χ2v) is 4.56. The maximum absolute atomic E-state index is 5.71. The zero-order valence-corrected chi connectivity index (χ0v) is 9.54. The molecule has 2 heteroatoms. The Morgan fingerprint density at radius 3 is 2.29 bits per heavy atom. The minimum absolute atomic E-state index is 0.130. The molecule has 0 saturated carbocycles. The Bertz CT molecular complexity index is 299. The van der Waals surface area contributed by atoms with Crippen molar-refractivity contribution in [3.8, 4) is 0 Å². The normalized spacial score (nSPS) is 11.5. The molecule has 0 spiro atoms. The molecule has 14 heavy (non-hydrogen) atoms. The van der Waals surface area contributed by atoms with Gasteiger partial charge in [0.1, 0.15) is 0 Å². The molecule has 0 atom stereocenters. The van der Waals surface area contributed by atoms with Gasteiger partial charge in [-0.25, -0.2) is 0 Å². The van der Waals surface area contributed by atoms with Gasteiger partial charge in [0, 0.05) is 24.8 Å². The average molecular weight is 192 g/mol. The first-order valence-corrected chi connectivity index (χ1v) is 4.98. The SMILES string of the molecule is CN(c1ccccc1CN)C(C)(C)C. The van der Waals surface area contributed by atoms with E-state index in [4.69, 9.17) is 5.73 Å². The molecule has 0 radical (unpaired) electrons. The van der Waals surface area contributed by atoms with Gasteiger partial charge in [-0.3, -0.25) is 0 Å². The third kappa shape index (κ3) is 2.26. The minimum atomic E-state index is 0.130. The van der Waals surface area contributed by atoms with Crippen molar-refractivity contribution in [2.45, 2.75) is 32.9 Å². The van der Waals surface area contributed by atoms with Gasteiger partial charge in [0.25, 0.3) is 0 Å². The van der Waals surface area contributed by atoms with Gasteiger partial charge in [-0.15, -0.1) is 0 Å². The summed E-state index contributed by atoms with van der Waals surface area (Å²) in [6, 6.07) is 8.28. The molecule has 2 nitrogen and oxygen atoms in total. The van der Waals surface area contributed by atoms with Crippen molar-refractivity contribution in [3.63, 3.8) is 0 Å². The van der Waals surface area contributed by atoms with Gasteiger partial charge in [-0.05, 0) is 32.4 Å². The third-order valence-corrected chi connectivity index (χ3v) is 2.58. The summed E-state index contributed by atoms with van der Waals surface area (Å²) in [7, 11) is 2.11. The van der Waals surface area contributed by atoms with Crippen LogP contribution in [0.25, 0.3) is 0 Å². The van der Waals surface area contributed by atoms with Gasteiger partial charge in [0.2, 0.25) is 0 Å². The maximum atomic E-state index is 5.71. The molecule has 1 rings (SSSR count). The molecule has 1 aromatic carbocycles. The lowest BCUT2D eigenvalue weighted by Gasteiger charge is -2.35. The second-order valence-electron chi connectivity index (χ2n) is 4.56. The molecule has 0 bridgehead atoms. The highest BCUT2D eigenvalue weighted by molar-refractivity contribution is 5.54. The second kappa shape index (κ2) is 4.01. The minimum Gasteiger partial charge on any atom is -0.369 e. The number of para-hydroxylation sites is 1. The largest absolute Gasteiger partial charge is 0.369 e. The first-order valence-electron chi connectivity index (χ1n) is 4.98. The standard InChI is InChI=1S/C12H20N2/c1-12(2,3)14(4)11-8-6-5-7-10(11)9-13/h5-8H,9,13H2,1-4H3. The van der Waals surface area contributed by atoms with Crippen LogP contribution in [-0.2, 0) is 6.54 Å². The number of hydrogen-bond donors (Lipinski definition) is 1. The molecule has 2 N–H and O–H groups in total. The summed E-state index contributed by atoms with van der Waals surface area (Å²) in [5.41, 5.74) is 8.26. The summed E-state index contributed by atoms with van der Waals surface area (Å²) in [6.07, 6.45) is 0. The van der Waals surface area contributed by atoms with Gasteiger partial charge in [0.15, 0.2) is 0 Å². The van der Waals surface area contributed by atoms with Crippen LogP contribution in [-0.4, -0.2) is 12.6 Å². The van der Waals surface area contributed by atoms with Crippen LogP contribution in [0.4, 0.5) is 5.69 Å². The summed E-state index contributed by atoms with van der Waals surface area (Å²) in [6.45, 7) is 7.18. The van der Waals surface area contributed by atoms with E-state index in [1.165, 1.54) is 11.3 Å². The lowest BCUT2D eigenvalue weighted by molar-refractivity contribution is 0.537. The molecule has 0 heterocycles. The zero-order chi connectivity index (χ0) is 10.8. The molecule has 0 saturated heterocycles. The summed E-state index contributed by atoms with van der Waals surface area (Å²) in [4.78, 5) is 2.26. The number of nitrogens with zero attached hydrogens (tertiary/aromatic N) is 1. The molecule has 0 amide bonds. The van der Waals surface area contributed by atoms with E-state index in [0.717, 1.165) is 0 Å². The highest BCUT2D eigenvalue weighted by Gasteiger charge is 2.18. The number of anilines is 1. The number of benzene rings is 1. The van der Waals surface area contributed by atoms with E-state index >= 15 is 0 Å². The smallest absolute Gasteiger partial charge is 0.0413 e. The van der Waals surface area contributed by atoms with Crippen molar-refractivity contribution >= 4 is 5.69 Å². The van der Waals surface area contributed by atoms with E-state index in [0.29, 0.717) is 6.54 Å². The molecule has 0 aliphatic rings. The van der Waals surface area contributed by atoms with E-state index < -0.39 is 0 Å². The predicted octanol–water partition coefficient (Wildman–Crippen LogP) is 2.38. The highest BCUT2D eigenvalue weighted by Crippen LogP contribution is 2.25. The van der Waals surface area contributed by atoms with Gasteiger partial charge in [0.05, 0.1) is 0 Å². The van der Waals surface area contributed by atoms with Crippen LogP contribution in [0.15, 0.2) is 24.3 Å². The van der Waals surface area contributed by atoms with Crippen LogP contribution in [0.2, 0.25) is 0 Å². The van der Waals surface area contributed by atoms with Gasteiger partial charge in [-0.2, -0.15) is 0 Å². The van der Waals surface area contributed by atoms with Crippen molar-refractivity contribution < 1.29 is 0 Å². The zero-order valence-electron chi connectivity index (χ0n) is 9.54. The molecule has 0 fully saturated rings. The van der Waals surface area contributed by atoms with Gasteiger partial charge >= 0.3 is 0 Å². The van der Waals surface area contributed by atoms with E-state index in [9.17, 15) is 0 Å². The van der Waals surface area contributed by atoms with Crippen molar-refractivity contribution in [1.29, 1.82) is 0 Å². The van der Waals surface area contributed by atoms with Crippen molar-refractivity contribution in [1.82, 2.24) is 0 Å². The van der Waals surface area contributed by atoms with Crippen LogP contribution < -0.4 is 10.6 Å². The van der Waals surface area contributed by atoms with Crippen LogP contribution >= 0.6 is 0 Å². The first kappa shape index (κ1) is 11.1. The lowest BCUT2D eigenvalue weighted by atomic mass is 10.0. The topological polar surface area (TPSA) is 29.3 Å². The van der Waals surface area contributed by atoms with Gasteiger partial charge in [-0.1, -0.05) is 18.2 Å². The molecular weight excluding hydrogens is 172 g/mol. The van der Waals surface area contributed by atoms with Crippen molar-refractivity contribution in [3.05, 3.63) is 29.8 Å². The van der Waals surface area contributed by atoms with Gasteiger partial charge < -0.3 is 10.6 Å². The highest BCUT2D eigenvalue weighted by atomic mass is 15.2. The summed E-state index contributed by atoms with van der Waals surface area (Å²) in [5.74, 6) is 0. The predicted molar refractivity (Wildman–Crippen MR) is 62.5 cm³/mol. The number of rotatable bonds is 2. The quantitative estimate of drug-likeness (QED) is 0.779. The Morgan fingerprint density at radius 2 is 1.79 bits per heavy atom. The van der Waals surface area contributed by atoms with E-state index in [-0.39, 0.29) is 5.54 Å². The van der Waals surface area contributed by atoms with Crippen molar-refractivity contribution in [2.24, 2.45) is 5.73 Å². The fourth-order valence-corrected chi connectivity index (χ4v) is 1.37. The number of hydrogen-bond acceptors (Lipinski definition) is 2. The van der Waals surface area contributed by atoms with Crippen LogP contribution in [0, 0.1) is 0 Å². The molecule has 0 unspecified atom stereocenters. The first-order chi connectivity index (χ1) is 6.46. The van der Waals surface area contributed by atoms with E-state index in [1.807, 2.05) is 6.07 Å². The summed E-state index contributed by atoms with van der Waals surface area (Å²) >= 11 is 0. The monoisotopic (exact) mass is 192 g/mol. The third-order valence-electron chi connectivity index (χ3n) is 2.58. The Hall–Kier alpha value is -1.02. The molecule has 1 aromatic rings. The van der Waals surface area contributed by atoms with E-state index in [1.54, 1.807) is 0 Å². The number of nitrogens with two attached hydrogens (primary N) is 1. The maximum Gasteiger partial charge on any atom is 0.0413 e. The fourth-order valence-electron chi connectivity index (χ4n) is 1.37. The molecule has 0 aliphatic carbocycles. The Morgan fingerprint density at radius 1 is 1.21 bits per heavy atom. The van der Waals surface area contributed by atoms with E-state index in [2.05, 4.69) is 50.9 Å². The van der Waals surface area contributed by atoms with Crippen molar-refractivity contribution in [2.75, 3.05) is 11.9 Å². The fraction of sp³-hybridized carbons (Fsp3) is 0.500. The molecule has 78 valence electrons.